The molecule has 0 N–H and O–H groups in total. The average Bonchev–Trinajstić information content (AvgIpc) is 2.97. The zero-order valence-corrected chi connectivity index (χ0v) is 13.1. The highest BCUT2D eigenvalue weighted by Crippen LogP contribution is 2.28. The lowest BCUT2D eigenvalue weighted by molar-refractivity contribution is 0.112. The maximum atomic E-state index is 11.3. The van der Waals surface area contributed by atoms with Crippen molar-refractivity contribution < 1.29 is 4.79 Å². The summed E-state index contributed by atoms with van der Waals surface area (Å²) in [6.45, 7) is 6.05. The molecule has 6 heteroatoms. The van der Waals surface area contributed by atoms with Crippen molar-refractivity contribution in [2.45, 2.75) is 38.6 Å². The standard InChI is InChI=1S/C15H21ClN4O/c1-11-17-14(16)13(10-21)15(18-11)20-8-5-12(9-20)19-6-3-2-4-7-19/h10,12H,2-9H2,1H3. The van der Waals surface area contributed by atoms with E-state index in [4.69, 9.17) is 11.6 Å². The number of carbonyl (C=O) groups excluding carboxylic acids is 1. The Hall–Kier alpha value is -1.20. The number of piperidine rings is 1. The van der Waals surface area contributed by atoms with Gasteiger partial charge in [-0.2, -0.15) is 0 Å². The van der Waals surface area contributed by atoms with Gasteiger partial charge in [0.1, 0.15) is 16.8 Å². The zero-order valence-electron chi connectivity index (χ0n) is 12.4. The molecule has 0 bridgehead atoms. The molecular formula is C15H21ClN4O. The van der Waals surface area contributed by atoms with E-state index in [1.807, 2.05) is 6.92 Å². The number of likely N-dealkylation sites (tertiary alicyclic amines) is 1. The normalized spacial score (nSPS) is 23.5. The van der Waals surface area contributed by atoms with E-state index in [-0.39, 0.29) is 5.15 Å². The van der Waals surface area contributed by atoms with Gasteiger partial charge in [0.05, 0.1) is 5.56 Å². The van der Waals surface area contributed by atoms with Crippen molar-refractivity contribution in [3.63, 3.8) is 0 Å². The molecule has 5 nitrogen and oxygen atoms in total. The molecule has 2 fully saturated rings. The van der Waals surface area contributed by atoms with E-state index < -0.39 is 0 Å². The fourth-order valence-electron chi connectivity index (χ4n) is 3.39. The minimum absolute atomic E-state index is 0.258. The number of aryl methyl sites for hydroxylation is 1. The van der Waals surface area contributed by atoms with Gasteiger partial charge < -0.3 is 4.90 Å². The summed E-state index contributed by atoms with van der Waals surface area (Å²) in [4.78, 5) is 24.6. The first-order valence-corrected chi connectivity index (χ1v) is 8.05. The zero-order chi connectivity index (χ0) is 14.8. The number of anilines is 1. The molecule has 1 aromatic heterocycles. The van der Waals surface area contributed by atoms with E-state index in [0.717, 1.165) is 25.8 Å². The molecule has 0 spiro atoms. The quantitative estimate of drug-likeness (QED) is 0.633. The van der Waals surface area contributed by atoms with Crippen molar-refractivity contribution in [1.82, 2.24) is 14.9 Å². The van der Waals surface area contributed by atoms with Crippen LogP contribution in [0.4, 0.5) is 5.82 Å². The molecule has 21 heavy (non-hydrogen) atoms. The second-order valence-corrected chi connectivity index (χ2v) is 6.26. The summed E-state index contributed by atoms with van der Waals surface area (Å²) >= 11 is 6.08. The first kappa shape index (κ1) is 14.7. The number of aromatic nitrogens is 2. The number of carbonyl (C=O) groups is 1. The number of hydrogen-bond donors (Lipinski definition) is 0. The van der Waals surface area contributed by atoms with Gasteiger partial charge >= 0.3 is 0 Å². The summed E-state index contributed by atoms with van der Waals surface area (Å²) in [6, 6.07) is 0.568. The van der Waals surface area contributed by atoms with E-state index in [1.165, 1.54) is 32.4 Å². The lowest BCUT2D eigenvalue weighted by atomic mass is 10.1. The number of halogens is 1. The van der Waals surface area contributed by atoms with Crippen LogP contribution in [0.3, 0.4) is 0 Å². The highest BCUT2D eigenvalue weighted by molar-refractivity contribution is 6.32. The van der Waals surface area contributed by atoms with Gasteiger partial charge in [0.2, 0.25) is 0 Å². The van der Waals surface area contributed by atoms with Crippen LogP contribution in [0.25, 0.3) is 0 Å². The van der Waals surface area contributed by atoms with Crippen LogP contribution in [0, 0.1) is 6.92 Å². The molecule has 114 valence electrons. The van der Waals surface area contributed by atoms with Crippen LogP contribution >= 0.6 is 11.6 Å². The fourth-order valence-corrected chi connectivity index (χ4v) is 3.64. The molecule has 1 unspecified atom stereocenters. The second-order valence-electron chi connectivity index (χ2n) is 5.90. The number of nitrogens with zero attached hydrogens (tertiary/aromatic N) is 4. The molecule has 2 saturated heterocycles. The largest absolute Gasteiger partial charge is 0.354 e. The predicted octanol–water partition coefficient (Wildman–Crippen LogP) is 2.32. The van der Waals surface area contributed by atoms with Crippen molar-refractivity contribution in [1.29, 1.82) is 0 Å². The Balaban J connectivity index is 1.78. The molecule has 2 aliphatic heterocycles. The molecule has 0 amide bonds. The van der Waals surface area contributed by atoms with Gasteiger partial charge in [-0.3, -0.25) is 9.69 Å². The Morgan fingerprint density at radius 2 is 1.95 bits per heavy atom. The van der Waals surface area contributed by atoms with Crippen LogP contribution in [0.15, 0.2) is 0 Å². The summed E-state index contributed by atoms with van der Waals surface area (Å²) < 4.78 is 0. The predicted molar refractivity (Wildman–Crippen MR) is 83.2 cm³/mol. The number of aldehydes is 1. The molecular weight excluding hydrogens is 288 g/mol. The molecule has 0 saturated carbocycles. The summed E-state index contributed by atoms with van der Waals surface area (Å²) in [5.74, 6) is 1.31. The van der Waals surface area contributed by atoms with Crippen LogP contribution in [-0.4, -0.2) is 53.4 Å². The van der Waals surface area contributed by atoms with Crippen LogP contribution in [0.2, 0.25) is 5.15 Å². The molecule has 0 aliphatic carbocycles. The van der Waals surface area contributed by atoms with E-state index in [1.54, 1.807) is 0 Å². The van der Waals surface area contributed by atoms with Crippen LogP contribution < -0.4 is 4.90 Å². The summed E-state index contributed by atoms with van der Waals surface area (Å²) in [5.41, 5.74) is 0.418. The Kier molecular flexibility index (Phi) is 4.40. The van der Waals surface area contributed by atoms with Crippen molar-refractivity contribution in [2.24, 2.45) is 0 Å². The smallest absolute Gasteiger partial charge is 0.156 e. The lowest BCUT2D eigenvalue weighted by Crippen LogP contribution is -2.41. The molecule has 1 atom stereocenters. The van der Waals surface area contributed by atoms with Gasteiger partial charge in [0, 0.05) is 19.1 Å². The highest BCUT2D eigenvalue weighted by atomic mass is 35.5. The SMILES string of the molecule is Cc1nc(Cl)c(C=O)c(N2CCC(N3CCCCC3)C2)n1. The first-order chi connectivity index (χ1) is 10.2. The monoisotopic (exact) mass is 308 g/mol. The Labute approximate surface area is 130 Å². The summed E-state index contributed by atoms with van der Waals surface area (Å²) in [5, 5.41) is 0.258. The number of rotatable bonds is 3. The lowest BCUT2D eigenvalue weighted by Gasteiger charge is -2.32. The van der Waals surface area contributed by atoms with Gasteiger partial charge in [-0.05, 0) is 39.3 Å². The highest BCUT2D eigenvalue weighted by Gasteiger charge is 2.30. The van der Waals surface area contributed by atoms with Crippen molar-refractivity contribution in [2.75, 3.05) is 31.1 Å². The van der Waals surface area contributed by atoms with Gasteiger partial charge in [0.25, 0.3) is 0 Å². The van der Waals surface area contributed by atoms with Crippen molar-refractivity contribution >= 4 is 23.7 Å². The van der Waals surface area contributed by atoms with Gasteiger partial charge in [-0.1, -0.05) is 18.0 Å². The molecule has 3 heterocycles. The van der Waals surface area contributed by atoms with Gasteiger partial charge in [-0.25, -0.2) is 9.97 Å². The maximum absolute atomic E-state index is 11.3. The molecule has 0 radical (unpaired) electrons. The van der Waals surface area contributed by atoms with Crippen molar-refractivity contribution in [3.05, 3.63) is 16.5 Å². The third kappa shape index (κ3) is 3.04. The Morgan fingerprint density at radius 1 is 1.19 bits per heavy atom. The van der Waals surface area contributed by atoms with Crippen LogP contribution in [-0.2, 0) is 0 Å². The number of hydrogen-bond acceptors (Lipinski definition) is 5. The average molecular weight is 309 g/mol. The summed E-state index contributed by atoms with van der Waals surface area (Å²) in [6.07, 6.45) is 5.84. The minimum atomic E-state index is 0.258. The topological polar surface area (TPSA) is 49.3 Å². The van der Waals surface area contributed by atoms with E-state index in [9.17, 15) is 4.79 Å². The minimum Gasteiger partial charge on any atom is -0.354 e. The Bertz CT molecular complexity index is 531. The van der Waals surface area contributed by atoms with Crippen LogP contribution in [0.1, 0.15) is 41.9 Å². The third-order valence-corrected chi connectivity index (χ3v) is 4.77. The van der Waals surface area contributed by atoms with E-state index in [2.05, 4.69) is 19.8 Å². The Morgan fingerprint density at radius 3 is 2.67 bits per heavy atom. The maximum Gasteiger partial charge on any atom is 0.156 e. The third-order valence-electron chi connectivity index (χ3n) is 4.48. The van der Waals surface area contributed by atoms with E-state index in [0.29, 0.717) is 23.2 Å². The van der Waals surface area contributed by atoms with Crippen molar-refractivity contribution in [3.8, 4) is 0 Å². The van der Waals surface area contributed by atoms with Gasteiger partial charge in [0.15, 0.2) is 6.29 Å². The van der Waals surface area contributed by atoms with E-state index >= 15 is 0 Å². The van der Waals surface area contributed by atoms with Gasteiger partial charge in [-0.15, -0.1) is 0 Å². The second kappa shape index (κ2) is 6.28. The fraction of sp³-hybridized carbons (Fsp3) is 0.667. The van der Waals surface area contributed by atoms with Crippen LogP contribution in [0.5, 0.6) is 0 Å². The molecule has 3 rings (SSSR count). The first-order valence-electron chi connectivity index (χ1n) is 7.67. The molecule has 1 aromatic rings. The summed E-state index contributed by atoms with van der Waals surface area (Å²) in [7, 11) is 0. The molecule has 0 aromatic carbocycles. The molecule has 2 aliphatic rings.